The average molecular weight is 1210 g/mol. The predicted molar refractivity (Wildman–Crippen MR) is 277 cm³/mol. The molecule has 0 aliphatic carbocycles. The second-order valence-corrected chi connectivity index (χ2v) is 19.9. The van der Waals surface area contributed by atoms with E-state index < -0.39 is 267 Å². The van der Waals surface area contributed by atoms with Gasteiger partial charge in [-0.3, -0.25) is 0 Å². The summed E-state index contributed by atoms with van der Waals surface area (Å²) in [5, 5.41) is 222. The molecule has 4 heterocycles. The number of cyclic esters (lactones) is 3. The van der Waals surface area contributed by atoms with Crippen LogP contribution in [0.5, 0.6) is 115 Å². The molecule has 7 aromatic rings. The number of phenols is 19. The van der Waals surface area contributed by atoms with Gasteiger partial charge in [0.1, 0.15) is 30.0 Å². The Hall–Kier alpha value is -12.2. The molecule has 20 N–H and O–H groups in total. The summed E-state index contributed by atoms with van der Waals surface area (Å²) in [6, 6.07) is 5.59. The Kier molecular flexibility index (Phi) is 13.1. The van der Waals surface area contributed by atoms with Crippen molar-refractivity contribution in [1.29, 1.82) is 0 Å². The van der Waals surface area contributed by atoms with Gasteiger partial charge in [0.25, 0.3) is 0 Å². The molecule has 450 valence electrons. The number of ether oxygens (including phenoxy) is 6. The zero-order valence-corrected chi connectivity index (χ0v) is 43.1. The summed E-state index contributed by atoms with van der Waals surface area (Å²) in [6.45, 7) is -1.63. The van der Waals surface area contributed by atoms with Gasteiger partial charge < -0.3 is 131 Å². The Labute approximate surface area is 480 Å². The summed E-state index contributed by atoms with van der Waals surface area (Å²) in [7, 11) is 0. The molecule has 0 saturated heterocycles. The van der Waals surface area contributed by atoms with Crippen molar-refractivity contribution in [2.24, 2.45) is 0 Å². The van der Waals surface area contributed by atoms with Crippen LogP contribution in [-0.2, 0) is 30.1 Å². The smallest absolute Gasteiger partial charge is 0.339 e. The molecule has 0 aromatic heterocycles. The van der Waals surface area contributed by atoms with Gasteiger partial charge in [0.15, 0.2) is 99.2 Å². The van der Waals surface area contributed by atoms with Gasteiger partial charge in [0.05, 0.1) is 39.8 Å². The second kappa shape index (κ2) is 20.0. The van der Waals surface area contributed by atoms with E-state index in [0.29, 0.717) is 36.4 Å². The highest BCUT2D eigenvalue weighted by atomic mass is 16.6. The largest absolute Gasteiger partial charge is 0.507 e. The van der Waals surface area contributed by atoms with Crippen LogP contribution in [0.2, 0.25) is 0 Å². The van der Waals surface area contributed by atoms with Crippen molar-refractivity contribution in [2.45, 2.75) is 49.0 Å². The number of aromatic hydroxyl groups is 19. The molecule has 4 aliphatic heterocycles. The summed E-state index contributed by atoms with van der Waals surface area (Å²) in [5.74, 6) is -38.0. The number of aliphatic hydroxyl groups excluding tert-OH is 1. The lowest BCUT2D eigenvalue weighted by Gasteiger charge is -2.43. The highest BCUT2D eigenvalue weighted by Gasteiger charge is 2.57. The summed E-state index contributed by atoms with van der Waals surface area (Å²) in [5.41, 5.74) is -13.3. The number of carbonyl (C=O) groups is 5. The van der Waals surface area contributed by atoms with E-state index in [1.165, 1.54) is 0 Å². The highest BCUT2D eigenvalue weighted by molar-refractivity contribution is 6.11. The van der Waals surface area contributed by atoms with Gasteiger partial charge in [-0.25, -0.2) is 24.0 Å². The molecule has 11 rings (SSSR count). The predicted octanol–water partition coefficient (Wildman–Crippen LogP) is 3.30. The van der Waals surface area contributed by atoms with Crippen LogP contribution in [0, 0.1) is 0 Å². The van der Waals surface area contributed by atoms with E-state index in [-0.39, 0.29) is 5.56 Å². The van der Waals surface area contributed by atoms with Crippen molar-refractivity contribution < 1.29 is 155 Å². The Bertz CT molecular complexity index is 4220. The zero-order valence-electron chi connectivity index (χ0n) is 43.1. The van der Waals surface area contributed by atoms with E-state index in [1.807, 2.05) is 0 Å². The number of aliphatic hydroxyl groups is 1. The molecule has 7 aromatic carbocycles. The van der Waals surface area contributed by atoms with E-state index >= 15 is 14.4 Å². The molecular formula is C56H40O31. The quantitative estimate of drug-likeness (QED) is 0.0668. The third kappa shape index (κ3) is 8.66. The molecule has 0 fully saturated rings. The molecule has 87 heavy (non-hydrogen) atoms. The summed E-state index contributed by atoms with van der Waals surface area (Å²) >= 11 is 0. The SMILES string of the molecule is O=C(O[C@H]1COC(=O)c2cc(O)c(O)c(O)c2-c2c(cc(O)c(O)c2O)C(=O)O[C@H]1[C@@H]1OC(=O)c2cc(O)c(O)c(O)c2-c2c(O)c(O)c(O)c3c2C(=O)O[C@H]1[C@H]3c1c(O)cc(O)c2c1O[C@H](c1ccc(O)c(O)c1)[C@@H](O)C2)c1cc(O)c(O)c(O)c1. The zero-order chi connectivity index (χ0) is 63.0. The summed E-state index contributed by atoms with van der Waals surface area (Å²) in [6.07, 6.45) is -15.7. The maximum absolute atomic E-state index is 15.3. The van der Waals surface area contributed by atoms with Crippen molar-refractivity contribution in [2.75, 3.05) is 6.61 Å². The molecule has 31 heteroatoms. The lowest BCUT2D eigenvalue weighted by molar-refractivity contribution is -0.135. The summed E-state index contributed by atoms with van der Waals surface area (Å²) < 4.78 is 35.6. The number of hydrogen-bond acceptors (Lipinski definition) is 31. The van der Waals surface area contributed by atoms with Gasteiger partial charge >= 0.3 is 29.8 Å². The van der Waals surface area contributed by atoms with Crippen molar-refractivity contribution in [3.8, 4) is 137 Å². The molecular weight excluding hydrogens is 1170 g/mol. The van der Waals surface area contributed by atoms with Gasteiger partial charge in [-0.1, -0.05) is 6.07 Å². The number of phenolic OH excluding ortho intramolecular Hbond substituents is 19. The minimum atomic E-state index is -3.00. The average Bonchev–Trinajstić information content (AvgIpc) is 0.817. The van der Waals surface area contributed by atoms with Crippen molar-refractivity contribution in [3.63, 3.8) is 0 Å². The number of hydrogen-bond donors (Lipinski definition) is 20. The fourth-order valence-electron chi connectivity index (χ4n) is 10.9. The lowest BCUT2D eigenvalue weighted by atomic mass is 9.73. The molecule has 31 nitrogen and oxygen atoms in total. The third-order valence-corrected chi connectivity index (χ3v) is 14.9. The molecule has 0 amide bonds. The first-order chi connectivity index (χ1) is 41.0. The van der Waals surface area contributed by atoms with Gasteiger partial charge in [-0.2, -0.15) is 0 Å². The maximum atomic E-state index is 15.3. The van der Waals surface area contributed by atoms with Crippen LogP contribution < -0.4 is 4.74 Å². The van der Waals surface area contributed by atoms with Gasteiger partial charge in [0.2, 0.25) is 23.0 Å². The van der Waals surface area contributed by atoms with Crippen LogP contribution in [0.15, 0.2) is 54.6 Å². The molecule has 2 bridgehead atoms. The molecule has 7 atom stereocenters. The highest BCUT2D eigenvalue weighted by Crippen LogP contribution is 2.62. The monoisotopic (exact) mass is 1210 g/mol. The Balaban J connectivity index is 1.25. The number of esters is 5. The Morgan fingerprint density at radius 2 is 0.908 bits per heavy atom. The normalized spacial score (nSPS) is 20.4. The third-order valence-electron chi connectivity index (χ3n) is 14.9. The van der Waals surface area contributed by atoms with Crippen LogP contribution in [0.4, 0.5) is 0 Å². The van der Waals surface area contributed by atoms with E-state index in [0.717, 1.165) is 18.2 Å². The van der Waals surface area contributed by atoms with Crippen LogP contribution in [0.25, 0.3) is 22.3 Å². The maximum Gasteiger partial charge on any atom is 0.339 e. The van der Waals surface area contributed by atoms with E-state index in [2.05, 4.69) is 0 Å². The van der Waals surface area contributed by atoms with E-state index in [9.17, 15) is 112 Å². The first kappa shape index (κ1) is 56.7. The molecule has 0 unspecified atom stereocenters. The first-order valence-corrected chi connectivity index (χ1v) is 24.9. The number of fused-ring (bicyclic) bond motifs is 8. The van der Waals surface area contributed by atoms with E-state index in [4.69, 9.17) is 28.4 Å². The van der Waals surface area contributed by atoms with Crippen LogP contribution in [0.1, 0.15) is 86.1 Å². The minimum Gasteiger partial charge on any atom is -0.507 e. The number of carbonyl (C=O) groups excluding carboxylic acids is 5. The minimum absolute atomic E-state index is 0.140. The molecule has 0 radical (unpaired) electrons. The first-order valence-electron chi connectivity index (χ1n) is 24.9. The van der Waals surface area contributed by atoms with Gasteiger partial charge in [-0.15, -0.1) is 0 Å². The second-order valence-electron chi connectivity index (χ2n) is 19.9. The number of benzene rings is 7. The van der Waals surface area contributed by atoms with Crippen molar-refractivity contribution in [3.05, 3.63) is 105 Å². The van der Waals surface area contributed by atoms with E-state index in [1.54, 1.807) is 0 Å². The van der Waals surface area contributed by atoms with Gasteiger partial charge in [-0.05, 0) is 48.0 Å². The van der Waals surface area contributed by atoms with Crippen molar-refractivity contribution in [1.82, 2.24) is 0 Å². The topological polar surface area (TPSA) is 545 Å². The number of rotatable bonds is 5. The van der Waals surface area contributed by atoms with Crippen LogP contribution in [-0.4, -0.2) is 169 Å². The van der Waals surface area contributed by atoms with Gasteiger partial charge in [0, 0.05) is 51.4 Å². The fourth-order valence-corrected chi connectivity index (χ4v) is 10.9. The standard InChI is InChI=1S/C56H40O31/c57-18-2-1-12(3-20(18)59)47-27(66)6-14-19(58)10-21(60)32(48(14)84-47)35-34-36-33(44(74)46(76)45(34)75)31-17(9-26(65)40(70)43(31)73)55(80)87-51(50(35)86-56(36)81)49-28(83-52(77)13-4-22(61)37(67)23(62)5-13)11-82-53(78)15-7-24(63)38(68)41(71)29(15)30-16(54(79)85-49)8-25(64)39(69)42(30)72/h1-5,7-10,27-28,35,47,49-51,57-76H,6,11H2/t27-,28-,35-,47+,49+,50-,51-/m0/s1. The molecule has 4 aliphatic rings. The molecule has 0 saturated carbocycles. The molecule has 0 spiro atoms. The fraction of sp³-hybridized carbons (Fsp3) is 0.161. The Morgan fingerprint density at radius 1 is 0.414 bits per heavy atom. The lowest BCUT2D eigenvalue weighted by Crippen LogP contribution is -2.56. The Morgan fingerprint density at radius 3 is 1.46 bits per heavy atom. The van der Waals surface area contributed by atoms with Crippen molar-refractivity contribution >= 4 is 29.8 Å². The summed E-state index contributed by atoms with van der Waals surface area (Å²) in [4.78, 5) is 74.7. The van der Waals surface area contributed by atoms with Crippen LogP contribution in [0.3, 0.4) is 0 Å². The van der Waals surface area contributed by atoms with Crippen LogP contribution >= 0.6 is 0 Å².